The van der Waals surface area contributed by atoms with E-state index < -0.39 is 36.4 Å². The molecule has 2 aromatic carbocycles. The van der Waals surface area contributed by atoms with Gasteiger partial charge in [0.25, 0.3) is 5.91 Å². The molecule has 1 N–H and O–H groups in total. The van der Waals surface area contributed by atoms with Gasteiger partial charge in [-0.3, -0.25) is 4.79 Å². The second-order valence-corrected chi connectivity index (χ2v) is 5.46. The average molecular weight is 413 g/mol. The van der Waals surface area contributed by atoms with Crippen LogP contribution in [0.3, 0.4) is 0 Å². The number of halogens is 4. The lowest BCUT2D eigenvalue weighted by atomic mass is 10.2. The Balaban J connectivity index is 1.81. The Hall–Kier alpha value is -3.56. The first kappa shape index (κ1) is 21.7. The number of esters is 1. The maximum absolute atomic E-state index is 13.6. The Labute approximate surface area is 162 Å². The van der Waals surface area contributed by atoms with E-state index in [1.807, 2.05) is 0 Å². The second-order valence-electron chi connectivity index (χ2n) is 5.46. The summed E-state index contributed by atoms with van der Waals surface area (Å²) >= 11 is 0. The molecule has 0 saturated carbocycles. The molecule has 0 heterocycles. The molecule has 0 aliphatic heterocycles. The van der Waals surface area contributed by atoms with Crippen molar-refractivity contribution in [2.45, 2.75) is 6.36 Å². The van der Waals surface area contributed by atoms with Crippen LogP contribution < -0.4 is 14.8 Å². The van der Waals surface area contributed by atoms with Crippen LogP contribution in [0, 0.1) is 5.82 Å². The summed E-state index contributed by atoms with van der Waals surface area (Å²) in [5.74, 6) is -2.53. The summed E-state index contributed by atoms with van der Waals surface area (Å²) in [6.07, 6.45) is -2.51. The van der Waals surface area contributed by atoms with E-state index in [4.69, 9.17) is 9.47 Å². The van der Waals surface area contributed by atoms with Crippen LogP contribution in [0.4, 0.5) is 23.2 Å². The minimum Gasteiger partial charge on any atom is -0.494 e. The van der Waals surface area contributed by atoms with E-state index in [1.165, 1.54) is 37.5 Å². The molecular formula is C19H15F4NO5. The molecule has 29 heavy (non-hydrogen) atoms. The molecule has 10 heteroatoms. The van der Waals surface area contributed by atoms with Crippen LogP contribution in [0.1, 0.15) is 5.56 Å². The first-order valence-electron chi connectivity index (χ1n) is 8.00. The lowest BCUT2D eigenvalue weighted by Gasteiger charge is -2.10. The summed E-state index contributed by atoms with van der Waals surface area (Å²) in [6, 6.07) is 8.49. The van der Waals surface area contributed by atoms with Gasteiger partial charge < -0.3 is 19.5 Å². The van der Waals surface area contributed by atoms with Crippen molar-refractivity contribution in [3.8, 4) is 11.5 Å². The van der Waals surface area contributed by atoms with E-state index in [9.17, 15) is 27.2 Å². The molecule has 0 aliphatic rings. The predicted octanol–water partition coefficient (Wildman–Crippen LogP) is 3.93. The zero-order chi connectivity index (χ0) is 21.4. The SMILES string of the molecule is COc1ccc(/C=C/C(=O)OCC(=O)Nc2ccc(OC(F)(F)F)cc2)cc1F. The number of hydrogen-bond acceptors (Lipinski definition) is 5. The molecule has 6 nitrogen and oxygen atoms in total. The number of benzene rings is 2. The first-order valence-corrected chi connectivity index (χ1v) is 8.00. The normalized spacial score (nSPS) is 11.2. The number of carbonyl (C=O) groups is 2. The van der Waals surface area contributed by atoms with Crippen LogP contribution in [-0.2, 0) is 14.3 Å². The van der Waals surface area contributed by atoms with E-state index in [0.29, 0.717) is 5.56 Å². The van der Waals surface area contributed by atoms with Gasteiger partial charge in [-0.05, 0) is 48.0 Å². The summed E-state index contributed by atoms with van der Waals surface area (Å²) in [5, 5.41) is 2.34. The highest BCUT2D eigenvalue weighted by molar-refractivity contribution is 5.94. The topological polar surface area (TPSA) is 73.9 Å². The highest BCUT2D eigenvalue weighted by Crippen LogP contribution is 2.24. The lowest BCUT2D eigenvalue weighted by molar-refractivity contribution is -0.274. The molecule has 2 rings (SSSR count). The van der Waals surface area contributed by atoms with Crippen LogP contribution in [0.25, 0.3) is 6.08 Å². The van der Waals surface area contributed by atoms with Gasteiger partial charge >= 0.3 is 12.3 Å². The van der Waals surface area contributed by atoms with Gasteiger partial charge in [0.05, 0.1) is 7.11 Å². The minimum absolute atomic E-state index is 0.0550. The first-order chi connectivity index (χ1) is 13.7. The van der Waals surface area contributed by atoms with Gasteiger partial charge in [0, 0.05) is 11.8 Å². The lowest BCUT2D eigenvalue weighted by Crippen LogP contribution is -2.20. The molecule has 0 fully saturated rings. The fourth-order valence-electron chi connectivity index (χ4n) is 2.07. The van der Waals surface area contributed by atoms with Crippen LogP contribution >= 0.6 is 0 Å². The van der Waals surface area contributed by atoms with Crippen molar-refractivity contribution < 1.29 is 41.4 Å². The summed E-state index contributed by atoms with van der Waals surface area (Å²) in [4.78, 5) is 23.4. The van der Waals surface area contributed by atoms with Gasteiger partial charge in [0.2, 0.25) is 0 Å². The minimum atomic E-state index is -4.82. The van der Waals surface area contributed by atoms with Crippen molar-refractivity contribution in [2.75, 3.05) is 19.0 Å². The monoisotopic (exact) mass is 413 g/mol. The summed E-state index contributed by atoms with van der Waals surface area (Å²) < 4.78 is 63.0. The Morgan fingerprint density at radius 3 is 2.38 bits per heavy atom. The van der Waals surface area contributed by atoms with Crippen LogP contribution in [0.5, 0.6) is 11.5 Å². The van der Waals surface area contributed by atoms with Crippen LogP contribution in [0.2, 0.25) is 0 Å². The number of nitrogens with one attached hydrogen (secondary N) is 1. The van der Waals surface area contributed by atoms with Crippen molar-refractivity contribution in [1.82, 2.24) is 0 Å². The number of methoxy groups -OCH3 is 1. The Kier molecular flexibility index (Phi) is 7.18. The van der Waals surface area contributed by atoms with E-state index in [1.54, 1.807) is 0 Å². The maximum Gasteiger partial charge on any atom is 0.573 e. The Bertz CT molecular complexity index is 894. The Morgan fingerprint density at radius 2 is 1.79 bits per heavy atom. The summed E-state index contributed by atoms with van der Waals surface area (Å²) in [6.45, 7) is -0.624. The fourth-order valence-corrected chi connectivity index (χ4v) is 2.07. The van der Waals surface area contributed by atoms with Crippen molar-refractivity contribution in [3.05, 3.63) is 59.9 Å². The molecule has 0 radical (unpaired) electrons. The summed E-state index contributed by atoms with van der Waals surface area (Å²) in [5.41, 5.74) is 0.565. The average Bonchev–Trinajstić information content (AvgIpc) is 2.65. The number of carbonyl (C=O) groups excluding carboxylic acids is 2. The van der Waals surface area contributed by atoms with Gasteiger partial charge in [0.1, 0.15) is 5.75 Å². The number of hydrogen-bond donors (Lipinski definition) is 1. The molecule has 0 aromatic heterocycles. The standard InChI is InChI=1S/C19H15F4NO5/c1-27-16-8-2-12(10-15(16)20)3-9-18(26)28-11-17(25)24-13-4-6-14(7-5-13)29-19(21,22)23/h2-10H,11H2,1H3,(H,24,25)/b9-3+. The van der Waals surface area contributed by atoms with Crippen LogP contribution in [0.15, 0.2) is 48.5 Å². The zero-order valence-electron chi connectivity index (χ0n) is 15.0. The fraction of sp³-hybridized carbons (Fsp3) is 0.158. The van der Waals surface area contributed by atoms with Gasteiger partial charge in [-0.1, -0.05) is 6.07 Å². The van der Waals surface area contributed by atoms with E-state index >= 15 is 0 Å². The number of amides is 1. The molecule has 154 valence electrons. The zero-order valence-corrected chi connectivity index (χ0v) is 15.0. The number of alkyl halides is 3. The molecule has 0 unspecified atom stereocenters. The molecule has 0 spiro atoms. The van der Waals surface area contributed by atoms with Gasteiger partial charge in [-0.15, -0.1) is 13.2 Å². The van der Waals surface area contributed by atoms with Gasteiger partial charge in [-0.25, -0.2) is 9.18 Å². The smallest absolute Gasteiger partial charge is 0.494 e. The predicted molar refractivity (Wildman–Crippen MR) is 94.7 cm³/mol. The van der Waals surface area contributed by atoms with E-state index in [0.717, 1.165) is 24.3 Å². The number of ether oxygens (including phenoxy) is 3. The Morgan fingerprint density at radius 1 is 1.10 bits per heavy atom. The molecule has 1 amide bonds. The van der Waals surface area contributed by atoms with Crippen molar-refractivity contribution >= 4 is 23.6 Å². The van der Waals surface area contributed by atoms with Crippen molar-refractivity contribution in [3.63, 3.8) is 0 Å². The largest absolute Gasteiger partial charge is 0.573 e. The summed E-state index contributed by atoms with van der Waals surface area (Å²) in [7, 11) is 1.32. The van der Waals surface area contributed by atoms with Gasteiger partial charge in [0.15, 0.2) is 18.2 Å². The van der Waals surface area contributed by atoms with Crippen LogP contribution in [-0.4, -0.2) is 32.0 Å². The molecule has 0 aliphatic carbocycles. The van der Waals surface area contributed by atoms with E-state index in [2.05, 4.69) is 10.1 Å². The third-order valence-corrected chi connectivity index (χ3v) is 3.30. The second kappa shape index (κ2) is 9.58. The van der Waals surface area contributed by atoms with Crippen molar-refractivity contribution in [1.29, 1.82) is 0 Å². The molecule has 0 bridgehead atoms. The quantitative estimate of drug-likeness (QED) is 0.423. The number of anilines is 1. The van der Waals surface area contributed by atoms with Gasteiger partial charge in [-0.2, -0.15) is 0 Å². The molecule has 0 saturated heterocycles. The molecule has 0 atom stereocenters. The molecule has 2 aromatic rings. The third-order valence-electron chi connectivity index (χ3n) is 3.30. The highest BCUT2D eigenvalue weighted by Gasteiger charge is 2.30. The maximum atomic E-state index is 13.6. The van der Waals surface area contributed by atoms with E-state index in [-0.39, 0.29) is 11.4 Å². The highest BCUT2D eigenvalue weighted by atomic mass is 19.4. The number of rotatable bonds is 7. The third kappa shape index (κ3) is 7.53. The van der Waals surface area contributed by atoms with Crippen molar-refractivity contribution in [2.24, 2.45) is 0 Å². The molecular weight excluding hydrogens is 398 g/mol.